The van der Waals surface area contributed by atoms with Crippen molar-refractivity contribution in [2.75, 3.05) is 13.2 Å². The molecule has 0 aliphatic carbocycles. The zero-order valence-electron chi connectivity index (χ0n) is 11.8. The molecule has 1 saturated heterocycles. The molecule has 1 amide bonds. The Labute approximate surface area is 131 Å². The van der Waals surface area contributed by atoms with Crippen molar-refractivity contribution in [3.63, 3.8) is 0 Å². The van der Waals surface area contributed by atoms with Gasteiger partial charge in [-0.2, -0.15) is 0 Å². The van der Waals surface area contributed by atoms with Gasteiger partial charge in [0, 0.05) is 17.7 Å². The van der Waals surface area contributed by atoms with Gasteiger partial charge in [-0.1, -0.05) is 28.1 Å². The first-order valence-electron chi connectivity index (χ1n) is 6.83. The minimum absolute atomic E-state index is 0.247. The summed E-state index contributed by atoms with van der Waals surface area (Å²) in [6.45, 7) is 2.45. The van der Waals surface area contributed by atoms with E-state index >= 15 is 0 Å². The number of carbonyl (C=O) groups excluding carboxylic acids is 1. The van der Waals surface area contributed by atoms with E-state index in [9.17, 15) is 9.59 Å². The first kappa shape index (κ1) is 16.0. The van der Waals surface area contributed by atoms with Gasteiger partial charge in [-0.25, -0.2) is 0 Å². The number of nitrogens with one attached hydrogen (secondary N) is 1. The Morgan fingerprint density at radius 3 is 2.38 bits per heavy atom. The largest absolute Gasteiger partial charge is 0.480 e. The first-order valence-corrected chi connectivity index (χ1v) is 7.62. The number of carboxylic acid groups (broad SMARTS) is 1. The Kier molecular flexibility index (Phi) is 5.00. The van der Waals surface area contributed by atoms with Crippen molar-refractivity contribution in [2.45, 2.75) is 31.2 Å². The quantitative estimate of drug-likeness (QED) is 0.866. The monoisotopic (exact) mass is 355 g/mol. The van der Waals surface area contributed by atoms with Gasteiger partial charge in [-0.15, -0.1) is 0 Å². The summed E-state index contributed by atoms with van der Waals surface area (Å²) >= 11 is 3.38. The number of rotatable bonds is 4. The lowest BCUT2D eigenvalue weighted by Crippen LogP contribution is -2.52. The molecular weight excluding hydrogens is 338 g/mol. The van der Waals surface area contributed by atoms with Crippen LogP contribution < -0.4 is 5.32 Å². The highest BCUT2D eigenvalue weighted by Crippen LogP contribution is 2.35. The minimum Gasteiger partial charge on any atom is -0.480 e. The molecule has 0 aromatic heterocycles. The standard InChI is InChI=1S/C15H18BrNO4/c1-10(13(18)19)17-14(20)15(6-8-21-9-7-15)11-2-4-12(16)5-3-11/h2-5,10H,6-9H2,1H3,(H,17,20)(H,18,19). The number of carboxylic acids is 1. The van der Waals surface area contributed by atoms with Gasteiger partial charge in [0.05, 0.1) is 5.41 Å². The summed E-state index contributed by atoms with van der Waals surface area (Å²) in [6, 6.07) is 6.68. The highest BCUT2D eigenvalue weighted by atomic mass is 79.9. The van der Waals surface area contributed by atoms with E-state index in [0.717, 1.165) is 10.0 Å². The normalized spacial score (nSPS) is 18.8. The van der Waals surface area contributed by atoms with Crippen LogP contribution in [0.2, 0.25) is 0 Å². The summed E-state index contributed by atoms with van der Waals surface area (Å²) in [4.78, 5) is 23.6. The Hall–Kier alpha value is -1.40. The van der Waals surface area contributed by atoms with Gasteiger partial charge in [0.25, 0.3) is 0 Å². The highest BCUT2D eigenvalue weighted by molar-refractivity contribution is 9.10. The molecule has 1 unspecified atom stereocenters. The molecule has 2 N–H and O–H groups in total. The van der Waals surface area contributed by atoms with Crippen molar-refractivity contribution in [2.24, 2.45) is 0 Å². The lowest BCUT2D eigenvalue weighted by Gasteiger charge is -2.36. The van der Waals surface area contributed by atoms with E-state index in [1.165, 1.54) is 6.92 Å². The summed E-state index contributed by atoms with van der Waals surface area (Å²) in [5.74, 6) is -1.29. The van der Waals surface area contributed by atoms with Crippen LogP contribution in [0.1, 0.15) is 25.3 Å². The molecule has 1 aromatic carbocycles. The van der Waals surface area contributed by atoms with Crippen LogP contribution in [0.15, 0.2) is 28.7 Å². The van der Waals surface area contributed by atoms with Crippen LogP contribution >= 0.6 is 15.9 Å². The maximum atomic E-state index is 12.7. The molecular formula is C15H18BrNO4. The predicted molar refractivity (Wildman–Crippen MR) is 81.1 cm³/mol. The summed E-state index contributed by atoms with van der Waals surface area (Å²) < 4.78 is 6.30. The molecule has 0 bridgehead atoms. The summed E-state index contributed by atoms with van der Waals surface area (Å²) in [5.41, 5.74) is 0.173. The number of hydrogen-bond donors (Lipinski definition) is 2. The summed E-state index contributed by atoms with van der Waals surface area (Å²) in [6.07, 6.45) is 1.10. The van der Waals surface area contributed by atoms with Gasteiger partial charge in [0.2, 0.25) is 5.91 Å². The van der Waals surface area contributed by atoms with Crippen LogP contribution in [0.4, 0.5) is 0 Å². The number of aliphatic carboxylic acids is 1. The van der Waals surface area contributed by atoms with Gasteiger partial charge in [-0.3, -0.25) is 9.59 Å². The van der Waals surface area contributed by atoms with Crippen molar-refractivity contribution in [3.8, 4) is 0 Å². The van der Waals surface area contributed by atoms with Crippen LogP contribution in [0.3, 0.4) is 0 Å². The van der Waals surface area contributed by atoms with E-state index in [4.69, 9.17) is 9.84 Å². The fourth-order valence-electron chi connectivity index (χ4n) is 2.53. The third-order valence-corrected chi connectivity index (χ3v) is 4.42. The van der Waals surface area contributed by atoms with Crippen molar-refractivity contribution in [1.29, 1.82) is 0 Å². The third kappa shape index (κ3) is 3.44. The third-order valence-electron chi connectivity index (χ3n) is 3.90. The second-order valence-corrected chi connectivity index (χ2v) is 6.15. The highest BCUT2D eigenvalue weighted by Gasteiger charge is 2.42. The Bertz CT molecular complexity index is 523. The summed E-state index contributed by atoms with van der Waals surface area (Å²) in [7, 11) is 0. The molecule has 6 heteroatoms. The number of hydrogen-bond acceptors (Lipinski definition) is 3. The van der Waals surface area contributed by atoms with E-state index in [1.807, 2.05) is 24.3 Å². The van der Waals surface area contributed by atoms with E-state index in [2.05, 4.69) is 21.2 Å². The minimum atomic E-state index is -1.04. The second-order valence-electron chi connectivity index (χ2n) is 5.23. The van der Waals surface area contributed by atoms with Crippen LogP contribution in [-0.4, -0.2) is 36.2 Å². The van der Waals surface area contributed by atoms with Crippen molar-refractivity contribution in [1.82, 2.24) is 5.32 Å². The average Bonchev–Trinajstić information content (AvgIpc) is 2.48. The van der Waals surface area contributed by atoms with Crippen molar-refractivity contribution in [3.05, 3.63) is 34.3 Å². The van der Waals surface area contributed by atoms with E-state index in [-0.39, 0.29) is 5.91 Å². The predicted octanol–water partition coefficient (Wildman–Crippen LogP) is 2.09. The van der Waals surface area contributed by atoms with Gasteiger partial charge in [0.1, 0.15) is 6.04 Å². The number of ether oxygens (including phenoxy) is 1. The van der Waals surface area contributed by atoms with Gasteiger partial charge in [-0.05, 0) is 37.5 Å². The molecule has 1 heterocycles. The van der Waals surface area contributed by atoms with Crippen LogP contribution in [0.5, 0.6) is 0 Å². The maximum Gasteiger partial charge on any atom is 0.325 e. The van der Waals surface area contributed by atoms with Gasteiger partial charge < -0.3 is 15.2 Å². The molecule has 1 fully saturated rings. The van der Waals surface area contributed by atoms with E-state index in [1.54, 1.807) is 0 Å². The smallest absolute Gasteiger partial charge is 0.325 e. The van der Waals surface area contributed by atoms with Crippen molar-refractivity contribution < 1.29 is 19.4 Å². The molecule has 1 aliphatic heterocycles. The molecule has 0 spiro atoms. The maximum absolute atomic E-state index is 12.7. The topological polar surface area (TPSA) is 75.6 Å². The fraction of sp³-hybridized carbons (Fsp3) is 0.467. The lowest BCUT2D eigenvalue weighted by molar-refractivity contribution is -0.143. The molecule has 2 rings (SSSR count). The number of amides is 1. The molecule has 1 atom stereocenters. The fourth-order valence-corrected chi connectivity index (χ4v) is 2.80. The summed E-state index contributed by atoms with van der Waals surface area (Å²) in [5, 5.41) is 11.6. The number of benzene rings is 1. The molecule has 21 heavy (non-hydrogen) atoms. The zero-order chi connectivity index (χ0) is 15.5. The Morgan fingerprint density at radius 2 is 1.86 bits per heavy atom. The SMILES string of the molecule is CC(NC(=O)C1(c2ccc(Br)cc2)CCOCC1)C(=O)O. The van der Waals surface area contributed by atoms with Crippen molar-refractivity contribution >= 4 is 27.8 Å². The van der Waals surface area contributed by atoms with E-state index < -0.39 is 17.4 Å². The average molecular weight is 356 g/mol. The molecule has 5 nitrogen and oxygen atoms in total. The van der Waals surface area contributed by atoms with Gasteiger partial charge in [0.15, 0.2) is 0 Å². The van der Waals surface area contributed by atoms with Crippen LogP contribution in [0, 0.1) is 0 Å². The van der Waals surface area contributed by atoms with E-state index in [0.29, 0.717) is 26.1 Å². The number of halogens is 1. The lowest BCUT2D eigenvalue weighted by atomic mass is 9.73. The Morgan fingerprint density at radius 1 is 1.29 bits per heavy atom. The Balaban J connectivity index is 2.30. The molecule has 0 saturated carbocycles. The van der Waals surface area contributed by atoms with Crippen LogP contribution in [-0.2, 0) is 19.7 Å². The molecule has 0 radical (unpaired) electrons. The second kappa shape index (κ2) is 6.58. The van der Waals surface area contributed by atoms with Gasteiger partial charge >= 0.3 is 5.97 Å². The first-order chi connectivity index (χ1) is 9.95. The zero-order valence-corrected chi connectivity index (χ0v) is 13.4. The molecule has 114 valence electrons. The molecule has 1 aromatic rings. The number of carbonyl (C=O) groups is 2. The van der Waals surface area contributed by atoms with Crippen LogP contribution in [0.25, 0.3) is 0 Å². The molecule has 1 aliphatic rings.